The van der Waals surface area contributed by atoms with Gasteiger partial charge in [0.1, 0.15) is 6.29 Å². The molecule has 0 spiro atoms. The van der Waals surface area contributed by atoms with E-state index in [1.807, 2.05) is 19.1 Å². The Hall–Kier alpha value is -0.820. The summed E-state index contributed by atoms with van der Waals surface area (Å²) in [7, 11) is 0. The number of hydrogen-bond donors (Lipinski definition) is 0. The van der Waals surface area contributed by atoms with E-state index < -0.39 is 0 Å². The number of carbonyl (C=O) groups excluding carboxylic acids is 1. The molecule has 2 atom stereocenters. The SMILES string of the molecule is CC(C=O)C1CCc2ccc(Cl)cc2C1. The Balaban J connectivity index is 2.21. The highest BCUT2D eigenvalue weighted by Gasteiger charge is 2.23. The normalized spacial score (nSPS) is 21.9. The van der Waals surface area contributed by atoms with E-state index in [-0.39, 0.29) is 5.92 Å². The smallest absolute Gasteiger partial charge is 0.123 e. The van der Waals surface area contributed by atoms with Crippen LogP contribution in [-0.4, -0.2) is 6.29 Å². The maximum Gasteiger partial charge on any atom is 0.123 e. The molecule has 15 heavy (non-hydrogen) atoms. The van der Waals surface area contributed by atoms with Gasteiger partial charge in [-0.25, -0.2) is 0 Å². The molecule has 1 aromatic carbocycles. The monoisotopic (exact) mass is 222 g/mol. The summed E-state index contributed by atoms with van der Waals surface area (Å²) < 4.78 is 0. The molecular weight excluding hydrogens is 208 g/mol. The van der Waals surface area contributed by atoms with Crippen molar-refractivity contribution < 1.29 is 4.79 Å². The molecule has 1 nitrogen and oxygen atoms in total. The number of aryl methyl sites for hydroxylation is 1. The number of halogens is 1. The third-order valence-corrected chi connectivity index (χ3v) is 3.63. The minimum absolute atomic E-state index is 0.164. The predicted octanol–water partition coefficient (Wildman–Crippen LogP) is 3.28. The lowest BCUT2D eigenvalue weighted by atomic mass is 9.78. The van der Waals surface area contributed by atoms with Gasteiger partial charge in [-0.2, -0.15) is 0 Å². The van der Waals surface area contributed by atoms with Gasteiger partial charge in [0.2, 0.25) is 0 Å². The standard InChI is InChI=1S/C13H15ClO/c1-9(8-15)11-3-2-10-4-5-13(14)7-12(10)6-11/h4-5,7-9,11H,2-3,6H2,1H3. The van der Waals surface area contributed by atoms with E-state index in [0.29, 0.717) is 5.92 Å². The average Bonchev–Trinajstić information content (AvgIpc) is 2.27. The summed E-state index contributed by atoms with van der Waals surface area (Å²) in [6.07, 6.45) is 4.26. The molecular formula is C13H15ClO. The fraction of sp³-hybridized carbons (Fsp3) is 0.462. The lowest BCUT2D eigenvalue weighted by molar-refractivity contribution is -0.112. The molecule has 1 aliphatic carbocycles. The topological polar surface area (TPSA) is 17.1 Å². The van der Waals surface area contributed by atoms with E-state index in [4.69, 9.17) is 11.6 Å². The van der Waals surface area contributed by atoms with Crippen LogP contribution in [0.15, 0.2) is 18.2 Å². The van der Waals surface area contributed by atoms with Crippen molar-refractivity contribution in [1.82, 2.24) is 0 Å². The predicted molar refractivity (Wildman–Crippen MR) is 62.2 cm³/mol. The van der Waals surface area contributed by atoms with E-state index in [1.165, 1.54) is 11.1 Å². The number of carbonyl (C=O) groups is 1. The fourth-order valence-corrected chi connectivity index (χ4v) is 2.51. The molecule has 0 bridgehead atoms. The molecule has 0 aromatic heterocycles. The van der Waals surface area contributed by atoms with Crippen LogP contribution in [0.5, 0.6) is 0 Å². The number of aldehydes is 1. The molecule has 0 saturated heterocycles. The minimum atomic E-state index is 0.164. The highest BCUT2D eigenvalue weighted by atomic mass is 35.5. The van der Waals surface area contributed by atoms with Crippen molar-refractivity contribution in [3.63, 3.8) is 0 Å². The summed E-state index contributed by atoms with van der Waals surface area (Å²) in [5.74, 6) is 0.658. The van der Waals surface area contributed by atoms with Gasteiger partial charge in [0, 0.05) is 10.9 Å². The van der Waals surface area contributed by atoms with Crippen LogP contribution in [-0.2, 0) is 17.6 Å². The van der Waals surface area contributed by atoms with Crippen LogP contribution in [0.3, 0.4) is 0 Å². The highest BCUT2D eigenvalue weighted by molar-refractivity contribution is 6.30. The molecule has 0 amide bonds. The van der Waals surface area contributed by atoms with Gasteiger partial charge in [0.15, 0.2) is 0 Å². The fourth-order valence-electron chi connectivity index (χ4n) is 2.31. The second-order valence-corrected chi connectivity index (χ2v) is 4.85. The summed E-state index contributed by atoms with van der Waals surface area (Å²) in [5.41, 5.74) is 2.72. The Labute approximate surface area is 95.4 Å². The van der Waals surface area contributed by atoms with E-state index in [9.17, 15) is 4.79 Å². The Bertz CT molecular complexity index is 373. The first kappa shape index (κ1) is 10.7. The van der Waals surface area contributed by atoms with Gasteiger partial charge >= 0.3 is 0 Å². The van der Waals surface area contributed by atoms with Crippen LogP contribution >= 0.6 is 11.6 Å². The number of rotatable bonds is 2. The number of benzene rings is 1. The Morgan fingerprint density at radius 1 is 1.47 bits per heavy atom. The van der Waals surface area contributed by atoms with Crippen LogP contribution in [0.2, 0.25) is 5.02 Å². The summed E-state index contributed by atoms with van der Waals surface area (Å²) in [6.45, 7) is 2.01. The molecule has 2 rings (SSSR count). The van der Waals surface area contributed by atoms with Crippen molar-refractivity contribution in [1.29, 1.82) is 0 Å². The lowest BCUT2D eigenvalue weighted by Crippen LogP contribution is -2.21. The molecule has 2 unspecified atom stereocenters. The molecule has 2 heteroatoms. The van der Waals surface area contributed by atoms with Gasteiger partial charge in [-0.15, -0.1) is 0 Å². The molecule has 0 heterocycles. The van der Waals surface area contributed by atoms with E-state index in [2.05, 4.69) is 6.07 Å². The van der Waals surface area contributed by atoms with Gasteiger partial charge in [-0.3, -0.25) is 0 Å². The van der Waals surface area contributed by atoms with Crippen molar-refractivity contribution in [2.45, 2.75) is 26.2 Å². The summed E-state index contributed by atoms with van der Waals surface area (Å²) >= 11 is 5.97. The molecule has 0 N–H and O–H groups in total. The van der Waals surface area contributed by atoms with E-state index >= 15 is 0 Å². The van der Waals surface area contributed by atoms with Crippen molar-refractivity contribution in [3.8, 4) is 0 Å². The second kappa shape index (κ2) is 4.36. The number of fused-ring (bicyclic) bond motifs is 1. The third-order valence-electron chi connectivity index (χ3n) is 3.39. The zero-order valence-corrected chi connectivity index (χ0v) is 9.63. The van der Waals surface area contributed by atoms with Gasteiger partial charge < -0.3 is 4.79 Å². The van der Waals surface area contributed by atoms with Crippen LogP contribution in [0.4, 0.5) is 0 Å². The van der Waals surface area contributed by atoms with Crippen molar-refractivity contribution in [2.24, 2.45) is 11.8 Å². The van der Waals surface area contributed by atoms with E-state index in [0.717, 1.165) is 30.6 Å². The molecule has 80 valence electrons. The maximum atomic E-state index is 10.8. The largest absolute Gasteiger partial charge is 0.303 e. The highest BCUT2D eigenvalue weighted by Crippen LogP contribution is 2.31. The minimum Gasteiger partial charge on any atom is -0.303 e. The zero-order chi connectivity index (χ0) is 10.8. The maximum absolute atomic E-state index is 10.8. The Morgan fingerprint density at radius 3 is 3.00 bits per heavy atom. The van der Waals surface area contributed by atoms with E-state index in [1.54, 1.807) is 0 Å². The van der Waals surface area contributed by atoms with Crippen molar-refractivity contribution >= 4 is 17.9 Å². The third kappa shape index (κ3) is 2.23. The molecule has 0 aliphatic heterocycles. The first-order valence-corrected chi connectivity index (χ1v) is 5.81. The van der Waals surface area contributed by atoms with Crippen molar-refractivity contribution in [2.75, 3.05) is 0 Å². The van der Waals surface area contributed by atoms with Crippen LogP contribution in [0, 0.1) is 11.8 Å². The lowest BCUT2D eigenvalue weighted by Gasteiger charge is -2.26. The Kier molecular flexibility index (Phi) is 3.11. The number of hydrogen-bond acceptors (Lipinski definition) is 1. The summed E-state index contributed by atoms with van der Waals surface area (Å²) in [4.78, 5) is 10.8. The molecule has 0 fully saturated rings. The van der Waals surface area contributed by atoms with Gasteiger partial charge in [0.25, 0.3) is 0 Å². The van der Waals surface area contributed by atoms with Gasteiger partial charge in [-0.05, 0) is 48.4 Å². The molecule has 1 aromatic rings. The molecule has 1 aliphatic rings. The first-order chi connectivity index (χ1) is 7.20. The van der Waals surface area contributed by atoms with Crippen LogP contribution in [0.25, 0.3) is 0 Å². The summed E-state index contributed by atoms with van der Waals surface area (Å²) in [5, 5.41) is 0.799. The first-order valence-electron chi connectivity index (χ1n) is 5.43. The quantitative estimate of drug-likeness (QED) is 0.702. The van der Waals surface area contributed by atoms with Gasteiger partial charge in [0.05, 0.1) is 0 Å². The summed E-state index contributed by atoms with van der Waals surface area (Å²) in [6, 6.07) is 6.10. The van der Waals surface area contributed by atoms with Gasteiger partial charge in [-0.1, -0.05) is 24.6 Å². The van der Waals surface area contributed by atoms with Crippen LogP contribution < -0.4 is 0 Å². The zero-order valence-electron chi connectivity index (χ0n) is 8.87. The average molecular weight is 223 g/mol. The molecule has 0 saturated carbocycles. The Morgan fingerprint density at radius 2 is 2.27 bits per heavy atom. The van der Waals surface area contributed by atoms with Crippen LogP contribution in [0.1, 0.15) is 24.5 Å². The van der Waals surface area contributed by atoms with Crippen molar-refractivity contribution in [3.05, 3.63) is 34.3 Å². The molecule has 0 radical (unpaired) electrons. The second-order valence-electron chi connectivity index (χ2n) is 4.41.